The molecule has 1 N–H and O–H groups in total. The molecule has 6 nitrogen and oxygen atoms in total. The Morgan fingerprint density at radius 1 is 1.14 bits per heavy atom. The largest absolute Gasteiger partial charge is 0.497 e. The Labute approximate surface area is 175 Å². The number of carbonyl (C=O) groups excluding carboxylic acids is 2. The molecule has 0 unspecified atom stereocenters. The van der Waals surface area contributed by atoms with Gasteiger partial charge in [-0.2, -0.15) is 0 Å². The summed E-state index contributed by atoms with van der Waals surface area (Å²) in [5.41, 5.74) is 0.663. The van der Waals surface area contributed by atoms with Crippen LogP contribution in [0.1, 0.15) is 51.4 Å². The lowest BCUT2D eigenvalue weighted by atomic mass is 10.2. The van der Waals surface area contributed by atoms with E-state index in [0.29, 0.717) is 16.6 Å². The Hall–Kier alpha value is -2.28. The maximum atomic E-state index is 13.1. The molecule has 0 aromatic heterocycles. The van der Waals surface area contributed by atoms with E-state index in [1.165, 1.54) is 30.7 Å². The number of amides is 2. The third-order valence-electron chi connectivity index (χ3n) is 5.76. The van der Waals surface area contributed by atoms with Crippen LogP contribution in [0.5, 0.6) is 5.75 Å². The van der Waals surface area contributed by atoms with Gasteiger partial charge in [0.25, 0.3) is 5.91 Å². The molecule has 2 saturated carbocycles. The molecule has 3 aliphatic rings. The molecule has 2 amide bonds. The summed E-state index contributed by atoms with van der Waals surface area (Å²) in [6, 6.07) is 7.64. The van der Waals surface area contributed by atoms with Crippen molar-refractivity contribution in [3.05, 3.63) is 35.2 Å². The quantitative estimate of drug-likeness (QED) is 0.729. The number of aliphatic imine (C=N–C) groups is 1. The van der Waals surface area contributed by atoms with Gasteiger partial charge in [0.05, 0.1) is 18.1 Å². The maximum absolute atomic E-state index is 13.1. The second-order valence-corrected chi connectivity index (χ2v) is 8.80. The standard InChI is InChI=1S/C22H27N3O3S/c1-28-18-12-10-16(11-13-18)23-20(26)14-19-21(27)25(17-8-4-5-9-17)22(29-19)24-15-6-2-3-7-15/h10-15,17H,2-9H2,1H3,(H,23,26)/b19-14-,24-22?. The SMILES string of the molecule is COc1ccc(NC(=O)/C=C2\SC(=NC3CCCC3)N(C3CCCC3)C2=O)cc1. The topological polar surface area (TPSA) is 71.0 Å². The van der Waals surface area contributed by atoms with Gasteiger partial charge >= 0.3 is 0 Å². The van der Waals surface area contributed by atoms with Crippen LogP contribution in [0.25, 0.3) is 0 Å². The van der Waals surface area contributed by atoms with E-state index in [2.05, 4.69) is 5.32 Å². The zero-order valence-corrected chi connectivity index (χ0v) is 17.5. The first kappa shape index (κ1) is 20.0. The minimum Gasteiger partial charge on any atom is -0.497 e. The molecule has 1 aromatic rings. The molecule has 1 aromatic carbocycles. The highest BCUT2D eigenvalue weighted by Gasteiger charge is 2.40. The highest BCUT2D eigenvalue weighted by Crippen LogP contribution is 2.38. The second kappa shape index (κ2) is 9.03. The van der Waals surface area contributed by atoms with E-state index in [-0.39, 0.29) is 17.9 Å². The number of hydrogen-bond acceptors (Lipinski definition) is 5. The molecule has 1 aliphatic heterocycles. The van der Waals surface area contributed by atoms with Crippen molar-refractivity contribution in [3.8, 4) is 5.75 Å². The van der Waals surface area contributed by atoms with Gasteiger partial charge in [-0.05, 0) is 61.7 Å². The number of ether oxygens (including phenoxy) is 1. The molecule has 0 radical (unpaired) electrons. The number of carbonyl (C=O) groups is 2. The van der Waals surface area contributed by atoms with Crippen LogP contribution in [0.2, 0.25) is 0 Å². The van der Waals surface area contributed by atoms with Gasteiger partial charge in [0.1, 0.15) is 5.75 Å². The molecule has 0 bridgehead atoms. The summed E-state index contributed by atoms with van der Waals surface area (Å²) in [4.78, 5) is 32.8. The predicted molar refractivity (Wildman–Crippen MR) is 116 cm³/mol. The molecule has 1 heterocycles. The molecule has 154 valence electrons. The Morgan fingerprint density at radius 2 is 1.79 bits per heavy atom. The lowest BCUT2D eigenvalue weighted by molar-refractivity contribution is -0.124. The summed E-state index contributed by atoms with van der Waals surface area (Å²) >= 11 is 1.35. The molecule has 29 heavy (non-hydrogen) atoms. The summed E-state index contributed by atoms with van der Waals surface area (Å²) in [6.07, 6.45) is 10.3. The number of rotatable bonds is 5. The van der Waals surface area contributed by atoms with Crippen molar-refractivity contribution in [2.45, 2.75) is 63.5 Å². The highest BCUT2D eigenvalue weighted by molar-refractivity contribution is 8.18. The van der Waals surface area contributed by atoms with Crippen molar-refractivity contribution in [1.82, 2.24) is 4.90 Å². The van der Waals surface area contributed by atoms with E-state index in [0.717, 1.165) is 49.4 Å². The summed E-state index contributed by atoms with van der Waals surface area (Å²) in [5, 5.41) is 3.61. The molecule has 2 aliphatic carbocycles. The van der Waals surface area contributed by atoms with Gasteiger partial charge < -0.3 is 10.1 Å². The Morgan fingerprint density at radius 3 is 2.45 bits per heavy atom. The van der Waals surface area contributed by atoms with Crippen LogP contribution in [-0.4, -0.2) is 41.1 Å². The normalized spacial score (nSPS) is 23.5. The van der Waals surface area contributed by atoms with Crippen molar-refractivity contribution in [2.75, 3.05) is 12.4 Å². The van der Waals surface area contributed by atoms with Gasteiger partial charge in [0, 0.05) is 17.8 Å². The average Bonchev–Trinajstić information content (AvgIpc) is 3.46. The third-order valence-corrected chi connectivity index (χ3v) is 6.76. The lowest BCUT2D eigenvalue weighted by Gasteiger charge is -2.23. The van der Waals surface area contributed by atoms with Gasteiger partial charge in [-0.1, -0.05) is 25.7 Å². The molecule has 1 saturated heterocycles. The number of nitrogens with zero attached hydrogens (tertiary/aromatic N) is 2. The average molecular weight is 414 g/mol. The van der Waals surface area contributed by atoms with E-state index >= 15 is 0 Å². The zero-order chi connectivity index (χ0) is 20.2. The molecule has 7 heteroatoms. The van der Waals surface area contributed by atoms with Gasteiger partial charge in [0.2, 0.25) is 5.91 Å². The molecule has 0 atom stereocenters. The minimum absolute atomic E-state index is 0.0801. The molecule has 4 rings (SSSR count). The van der Waals surface area contributed by atoms with Crippen molar-refractivity contribution in [3.63, 3.8) is 0 Å². The Kier molecular flexibility index (Phi) is 6.23. The maximum Gasteiger partial charge on any atom is 0.267 e. The van der Waals surface area contributed by atoms with E-state index in [9.17, 15) is 9.59 Å². The van der Waals surface area contributed by atoms with Gasteiger partial charge in [-0.25, -0.2) is 0 Å². The third kappa shape index (κ3) is 4.66. The zero-order valence-electron chi connectivity index (χ0n) is 16.7. The molecule has 0 spiro atoms. The van der Waals surface area contributed by atoms with Crippen molar-refractivity contribution in [1.29, 1.82) is 0 Å². The van der Waals surface area contributed by atoms with Gasteiger partial charge in [0.15, 0.2) is 5.17 Å². The fourth-order valence-corrected chi connectivity index (χ4v) is 5.30. The fourth-order valence-electron chi connectivity index (χ4n) is 4.22. The van der Waals surface area contributed by atoms with Gasteiger partial charge in [-0.15, -0.1) is 0 Å². The number of amidine groups is 1. The summed E-state index contributed by atoms with van der Waals surface area (Å²) < 4.78 is 5.13. The summed E-state index contributed by atoms with van der Waals surface area (Å²) in [6.45, 7) is 0. The number of methoxy groups -OCH3 is 1. The monoisotopic (exact) mass is 413 g/mol. The second-order valence-electron chi connectivity index (χ2n) is 7.79. The number of anilines is 1. The molecule has 3 fully saturated rings. The van der Waals surface area contributed by atoms with Crippen LogP contribution in [0.15, 0.2) is 40.2 Å². The first-order valence-electron chi connectivity index (χ1n) is 10.4. The number of nitrogens with one attached hydrogen (secondary N) is 1. The predicted octanol–water partition coefficient (Wildman–Crippen LogP) is 4.33. The van der Waals surface area contributed by atoms with Crippen molar-refractivity contribution in [2.24, 2.45) is 4.99 Å². The van der Waals surface area contributed by atoms with Crippen molar-refractivity contribution >= 4 is 34.4 Å². The minimum atomic E-state index is -0.306. The van der Waals surface area contributed by atoms with Crippen LogP contribution in [0.3, 0.4) is 0 Å². The first-order valence-corrected chi connectivity index (χ1v) is 11.2. The Bertz CT molecular complexity index is 822. The van der Waals surface area contributed by atoms with Crippen molar-refractivity contribution < 1.29 is 14.3 Å². The highest BCUT2D eigenvalue weighted by atomic mass is 32.2. The van der Waals surface area contributed by atoms with Gasteiger partial charge in [-0.3, -0.25) is 19.5 Å². The fraction of sp³-hybridized carbons (Fsp3) is 0.500. The van der Waals surface area contributed by atoms with E-state index in [1.54, 1.807) is 31.4 Å². The van der Waals surface area contributed by atoms with E-state index in [4.69, 9.17) is 9.73 Å². The first-order chi connectivity index (χ1) is 14.1. The van der Waals surface area contributed by atoms with Crippen LogP contribution >= 0.6 is 11.8 Å². The summed E-state index contributed by atoms with van der Waals surface area (Å²) in [7, 11) is 1.60. The van der Waals surface area contributed by atoms with Crippen LogP contribution in [0, 0.1) is 0 Å². The summed E-state index contributed by atoms with van der Waals surface area (Å²) in [5.74, 6) is 0.339. The number of thioether (sulfide) groups is 1. The van der Waals surface area contributed by atoms with Crippen LogP contribution in [0.4, 0.5) is 5.69 Å². The number of benzene rings is 1. The lowest BCUT2D eigenvalue weighted by Crippen LogP contribution is -2.38. The Balaban J connectivity index is 1.51. The van der Waals surface area contributed by atoms with Crippen LogP contribution < -0.4 is 10.1 Å². The smallest absolute Gasteiger partial charge is 0.267 e. The number of hydrogen-bond donors (Lipinski definition) is 1. The molecular weight excluding hydrogens is 386 g/mol. The van der Waals surface area contributed by atoms with Crippen LogP contribution in [-0.2, 0) is 9.59 Å². The molecular formula is C22H27N3O3S. The van der Waals surface area contributed by atoms with E-state index < -0.39 is 0 Å². The van der Waals surface area contributed by atoms with E-state index in [1.807, 2.05) is 4.90 Å².